The lowest BCUT2D eigenvalue weighted by Gasteiger charge is -2.25. The summed E-state index contributed by atoms with van der Waals surface area (Å²) in [5.74, 6) is -1.43. The number of hydrogen-bond donors (Lipinski definition) is 1. The second kappa shape index (κ2) is 10.5. The van der Waals surface area contributed by atoms with Gasteiger partial charge in [-0.05, 0) is 30.7 Å². The van der Waals surface area contributed by atoms with Crippen LogP contribution in [0, 0.1) is 5.92 Å². The first-order valence-corrected chi connectivity index (χ1v) is 10.8. The lowest BCUT2D eigenvalue weighted by atomic mass is 10.0. The lowest BCUT2D eigenvalue weighted by Crippen LogP contribution is -2.29. The van der Waals surface area contributed by atoms with Crippen LogP contribution in [0.1, 0.15) is 45.6 Å². The SMILES string of the molecule is CCC(=O)[C@H](O[P@@](=O)(CCCCc1ccccc1)CC(=O)O)C(C)C. The molecule has 0 unspecified atom stereocenters. The maximum Gasteiger partial charge on any atom is 0.313 e. The van der Waals surface area contributed by atoms with Gasteiger partial charge in [-0.25, -0.2) is 0 Å². The second-order valence-electron chi connectivity index (χ2n) is 6.62. The van der Waals surface area contributed by atoms with Crippen molar-refractivity contribution in [3.05, 3.63) is 35.9 Å². The minimum Gasteiger partial charge on any atom is -0.481 e. The molecule has 0 aliphatic rings. The van der Waals surface area contributed by atoms with Gasteiger partial charge in [-0.15, -0.1) is 0 Å². The summed E-state index contributed by atoms with van der Waals surface area (Å²) in [5, 5.41) is 9.09. The number of benzene rings is 1. The van der Waals surface area contributed by atoms with Crippen LogP contribution in [0.25, 0.3) is 0 Å². The highest BCUT2D eigenvalue weighted by Gasteiger charge is 2.34. The van der Waals surface area contributed by atoms with Gasteiger partial charge in [0.05, 0.1) is 0 Å². The summed E-state index contributed by atoms with van der Waals surface area (Å²) in [5.41, 5.74) is 1.19. The zero-order valence-electron chi connectivity index (χ0n) is 15.3. The Hall–Kier alpha value is -1.45. The molecule has 0 heterocycles. The van der Waals surface area contributed by atoms with E-state index < -0.39 is 25.6 Å². The Morgan fingerprint density at radius 1 is 1.16 bits per heavy atom. The first-order chi connectivity index (χ1) is 11.8. The molecule has 0 bridgehead atoms. The molecule has 0 aromatic heterocycles. The number of aryl methyl sites for hydroxylation is 1. The number of aliphatic carboxylic acids is 1. The van der Waals surface area contributed by atoms with Crippen molar-refractivity contribution < 1.29 is 23.8 Å². The highest BCUT2D eigenvalue weighted by molar-refractivity contribution is 7.59. The fourth-order valence-electron chi connectivity index (χ4n) is 2.66. The third kappa shape index (κ3) is 7.98. The molecule has 5 nitrogen and oxygen atoms in total. The van der Waals surface area contributed by atoms with Crippen LogP contribution in [0.5, 0.6) is 0 Å². The van der Waals surface area contributed by atoms with E-state index in [0.717, 1.165) is 12.8 Å². The minimum atomic E-state index is -3.39. The molecule has 2 atom stereocenters. The third-order valence-corrected chi connectivity index (χ3v) is 6.37. The molecule has 0 fully saturated rings. The average Bonchev–Trinajstić information content (AvgIpc) is 2.56. The molecule has 1 rings (SSSR count). The molecule has 0 amide bonds. The highest BCUT2D eigenvalue weighted by Crippen LogP contribution is 2.49. The molecule has 0 aliphatic heterocycles. The van der Waals surface area contributed by atoms with E-state index in [1.54, 1.807) is 6.92 Å². The summed E-state index contributed by atoms with van der Waals surface area (Å²) in [7, 11) is -3.39. The monoisotopic (exact) mass is 368 g/mol. The molecular weight excluding hydrogens is 339 g/mol. The van der Waals surface area contributed by atoms with E-state index in [1.165, 1.54) is 5.56 Å². The van der Waals surface area contributed by atoms with Gasteiger partial charge >= 0.3 is 5.97 Å². The number of rotatable bonds is 12. The molecule has 0 radical (unpaired) electrons. The number of Topliss-reactive ketones (excluding diaryl/α,β-unsaturated/α-hetero) is 1. The van der Waals surface area contributed by atoms with Gasteiger partial charge in [-0.3, -0.25) is 14.2 Å². The van der Waals surface area contributed by atoms with Gasteiger partial charge in [0.15, 0.2) is 5.78 Å². The largest absolute Gasteiger partial charge is 0.481 e. The third-order valence-electron chi connectivity index (χ3n) is 4.01. The standard InChI is InChI=1S/C19H29O5P/c1-4-17(20)19(15(2)3)24-25(23,14-18(21)22)13-9-8-12-16-10-6-5-7-11-16/h5-7,10-11,15,19H,4,8-9,12-14H2,1-3H3,(H,21,22)/t19-,25+/m1/s1. The summed E-state index contributed by atoms with van der Waals surface area (Å²) in [6, 6.07) is 9.95. The summed E-state index contributed by atoms with van der Waals surface area (Å²) in [6.07, 6.45) is 1.38. The van der Waals surface area contributed by atoms with Crippen LogP contribution < -0.4 is 0 Å². The van der Waals surface area contributed by atoms with E-state index in [-0.39, 0.29) is 24.3 Å². The minimum absolute atomic E-state index is 0.134. The van der Waals surface area contributed by atoms with E-state index >= 15 is 0 Å². The van der Waals surface area contributed by atoms with Gasteiger partial charge in [-0.1, -0.05) is 51.1 Å². The molecule has 25 heavy (non-hydrogen) atoms. The van der Waals surface area contributed by atoms with E-state index in [1.807, 2.05) is 44.2 Å². The van der Waals surface area contributed by atoms with Crippen molar-refractivity contribution in [2.75, 3.05) is 12.3 Å². The fourth-order valence-corrected chi connectivity index (χ4v) is 4.89. The summed E-state index contributed by atoms with van der Waals surface area (Å²) >= 11 is 0. The van der Waals surface area contributed by atoms with Gasteiger partial charge < -0.3 is 9.63 Å². The normalized spacial score (nSPS) is 14.9. The van der Waals surface area contributed by atoms with Crippen molar-refractivity contribution in [2.45, 2.75) is 52.6 Å². The molecule has 0 saturated heterocycles. The molecule has 1 N–H and O–H groups in total. The van der Waals surface area contributed by atoms with Crippen molar-refractivity contribution in [3.8, 4) is 0 Å². The summed E-state index contributed by atoms with van der Waals surface area (Å²) < 4.78 is 18.7. The smallest absolute Gasteiger partial charge is 0.313 e. The average molecular weight is 368 g/mol. The number of unbranched alkanes of at least 4 members (excludes halogenated alkanes) is 1. The molecule has 1 aromatic carbocycles. The van der Waals surface area contributed by atoms with Gasteiger partial charge in [-0.2, -0.15) is 0 Å². The van der Waals surface area contributed by atoms with Crippen molar-refractivity contribution in [1.82, 2.24) is 0 Å². The molecule has 140 valence electrons. The Kier molecular flexibility index (Phi) is 9.09. The van der Waals surface area contributed by atoms with Gasteiger partial charge in [0, 0.05) is 12.6 Å². The molecule has 0 aliphatic carbocycles. The van der Waals surface area contributed by atoms with Crippen molar-refractivity contribution >= 4 is 19.1 Å². The highest BCUT2D eigenvalue weighted by atomic mass is 31.2. The van der Waals surface area contributed by atoms with Crippen molar-refractivity contribution in [3.63, 3.8) is 0 Å². The number of ketones is 1. The Bertz CT molecular complexity index is 597. The quantitative estimate of drug-likeness (QED) is 0.437. The number of hydrogen-bond acceptors (Lipinski definition) is 4. The predicted octanol–water partition coefficient (Wildman–Crippen LogP) is 4.39. The van der Waals surface area contributed by atoms with E-state index in [2.05, 4.69) is 0 Å². The number of carboxylic acids is 1. The van der Waals surface area contributed by atoms with Crippen LogP contribution in [-0.4, -0.2) is 35.3 Å². The first-order valence-electron chi connectivity index (χ1n) is 8.82. The van der Waals surface area contributed by atoms with Crippen LogP contribution in [-0.2, 0) is 25.1 Å². The van der Waals surface area contributed by atoms with E-state index in [0.29, 0.717) is 6.42 Å². The van der Waals surface area contributed by atoms with E-state index in [9.17, 15) is 14.2 Å². The van der Waals surface area contributed by atoms with Crippen LogP contribution >= 0.6 is 7.37 Å². The Morgan fingerprint density at radius 3 is 2.32 bits per heavy atom. The lowest BCUT2D eigenvalue weighted by molar-refractivity contribution is -0.134. The second-order valence-corrected chi connectivity index (χ2v) is 9.23. The fraction of sp³-hybridized carbons (Fsp3) is 0.579. The van der Waals surface area contributed by atoms with Crippen molar-refractivity contribution in [1.29, 1.82) is 0 Å². The van der Waals surface area contributed by atoms with Crippen LogP contribution in [0.3, 0.4) is 0 Å². The Balaban J connectivity index is 2.68. The maximum absolute atomic E-state index is 13.0. The van der Waals surface area contributed by atoms with Gasteiger partial charge in [0.25, 0.3) is 0 Å². The van der Waals surface area contributed by atoms with Crippen LogP contribution in [0.2, 0.25) is 0 Å². The zero-order chi connectivity index (χ0) is 18.9. The summed E-state index contributed by atoms with van der Waals surface area (Å²) in [6.45, 7) is 5.36. The van der Waals surface area contributed by atoms with Crippen molar-refractivity contribution in [2.24, 2.45) is 5.92 Å². The van der Waals surface area contributed by atoms with Gasteiger partial charge in [0.1, 0.15) is 12.3 Å². The predicted molar refractivity (Wildman–Crippen MR) is 99.4 cm³/mol. The Labute approximate surface area is 150 Å². The van der Waals surface area contributed by atoms with Gasteiger partial charge in [0.2, 0.25) is 7.37 Å². The Morgan fingerprint density at radius 2 is 1.80 bits per heavy atom. The summed E-state index contributed by atoms with van der Waals surface area (Å²) in [4.78, 5) is 23.2. The molecule has 1 aromatic rings. The van der Waals surface area contributed by atoms with E-state index in [4.69, 9.17) is 9.63 Å². The first kappa shape index (κ1) is 21.6. The number of carbonyl (C=O) groups excluding carboxylic acids is 1. The topological polar surface area (TPSA) is 80.7 Å². The molecular formula is C19H29O5P. The number of carboxylic acid groups (broad SMARTS) is 1. The molecule has 0 spiro atoms. The molecule has 6 heteroatoms. The number of carbonyl (C=O) groups is 2. The maximum atomic E-state index is 13.0. The van der Waals surface area contributed by atoms with Crippen LogP contribution in [0.4, 0.5) is 0 Å². The van der Waals surface area contributed by atoms with Crippen LogP contribution in [0.15, 0.2) is 30.3 Å². The molecule has 0 saturated carbocycles. The zero-order valence-corrected chi connectivity index (χ0v) is 16.2.